The summed E-state index contributed by atoms with van der Waals surface area (Å²) in [6.07, 6.45) is 2.86. The van der Waals surface area contributed by atoms with Crippen LogP contribution in [-0.4, -0.2) is 26.5 Å². The zero-order valence-corrected chi connectivity index (χ0v) is 36.6. The van der Waals surface area contributed by atoms with Crippen LogP contribution < -0.4 is 0 Å². The van der Waals surface area contributed by atoms with E-state index in [4.69, 9.17) is 24.9 Å². The Hall–Kier alpha value is -8.93. The average Bonchev–Trinajstić information content (AvgIpc) is 3.66. The van der Waals surface area contributed by atoms with E-state index in [-0.39, 0.29) is 0 Å². The van der Waals surface area contributed by atoms with E-state index in [1.807, 2.05) is 24.3 Å². The quantitative estimate of drug-likeness (QED) is 0.138. The van der Waals surface area contributed by atoms with Crippen molar-refractivity contribution in [3.8, 4) is 78.7 Å². The number of aromatic nitrogens is 3. The Morgan fingerprint density at radius 2 is 0.537 bits per heavy atom. The highest BCUT2D eigenvalue weighted by molar-refractivity contribution is 6.15. The van der Waals surface area contributed by atoms with Crippen molar-refractivity contribution in [2.24, 2.45) is 9.98 Å². The summed E-state index contributed by atoms with van der Waals surface area (Å²) in [6, 6.07) is 84.1. The second-order valence-corrected chi connectivity index (χ2v) is 16.5. The number of amidine groups is 1. The molecule has 1 aliphatic rings. The summed E-state index contributed by atoms with van der Waals surface area (Å²) in [6.45, 7) is 0. The van der Waals surface area contributed by atoms with E-state index in [9.17, 15) is 0 Å². The number of hydrogen-bond acceptors (Lipinski definition) is 5. The Labute approximate surface area is 391 Å². The van der Waals surface area contributed by atoms with Crippen molar-refractivity contribution >= 4 is 17.2 Å². The minimum Gasteiger partial charge on any atom is -0.232 e. The van der Waals surface area contributed by atoms with Gasteiger partial charge in [0.05, 0.1) is 11.4 Å². The van der Waals surface area contributed by atoms with Crippen LogP contribution >= 0.6 is 0 Å². The average molecular weight is 858 g/mol. The summed E-state index contributed by atoms with van der Waals surface area (Å²) in [5.41, 5.74) is 16.5. The topological polar surface area (TPSA) is 63.4 Å². The minimum atomic E-state index is 0.601. The Kier molecular flexibility index (Phi) is 11.4. The first kappa shape index (κ1) is 40.8. The molecule has 0 saturated heterocycles. The van der Waals surface area contributed by atoms with Crippen molar-refractivity contribution in [3.05, 3.63) is 265 Å². The maximum Gasteiger partial charge on any atom is 0.164 e. The summed E-state index contributed by atoms with van der Waals surface area (Å²) in [4.78, 5) is 25.9. The molecule has 0 amide bonds. The maximum atomic E-state index is 5.22. The van der Waals surface area contributed by atoms with E-state index in [0.29, 0.717) is 29.7 Å². The zero-order chi connectivity index (χ0) is 44.8. The summed E-state index contributed by atoms with van der Waals surface area (Å²) in [5, 5.41) is 0. The molecule has 0 bridgehead atoms. The Bertz CT molecular complexity index is 3370. The molecule has 11 rings (SSSR count). The molecule has 1 aromatic heterocycles. The third-order valence-corrected chi connectivity index (χ3v) is 12.0. The van der Waals surface area contributed by atoms with Gasteiger partial charge in [-0.15, -0.1) is 0 Å². The first-order valence-electron chi connectivity index (χ1n) is 22.5. The van der Waals surface area contributed by atoms with Gasteiger partial charge in [0.2, 0.25) is 0 Å². The highest BCUT2D eigenvalue weighted by atomic mass is 15.0. The number of benzene rings is 9. The Morgan fingerprint density at radius 1 is 0.239 bits per heavy atom. The lowest BCUT2D eigenvalue weighted by Gasteiger charge is -2.12. The van der Waals surface area contributed by atoms with Crippen LogP contribution in [0.1, 0.15) is 23.1 Å². The van der Waals surface area contributed by atoms with Gasteiger partial charge in [0.15, 0.2) is 23.3 Å². The van der Waals surface area contributed by atoms with E-state index in [1.165, 1.54) is 0 Å². The van der Waals surface area contributed by atoms with Gasteiger partial charge in [0.1, 0.15) is 0 Å². The predicted octanol–water partition coefficient (Wildman–Crippen LogP) is 15.2. The van der Waals surface area contributed by atoms with E-state index in [0.717, 1.165) is 89.3 Å². The lowest BCUT2D eigenvalue weighted by molar-refractivity contribution is 1.07. The molecule has 0 atom stereocenters. The monoisotopic (exact) mass is 857 g/mol. The summed E-state index contributed by atoms with van der Waals surface area (Å²) in [7, 11) is 0. The molecule has 2 heterocycles. The van der Waals surface area contributed by atoms with Crippen molar-refractivity contribution < 1.29 is 0 Å². The molecule has 9 aromatic carbocycles. The molecular formula is C62H43N5. The number of allylic oxidation sites excluding steroid dienone is 1. The van der Waals surface area contributed by atoms with Crippen LogP contribution in [0.4, 0.5) is 0 Å². The van der Waals surface area contributed by atoms with Gasteiger partial charge in [0.25, 0.3) is 0 Å². The molecule has 0 unspecified atom stereocenters. The number of aliphatic imine (C=N–C) groups is 2. The van der Waals surface area contributed by atoms with Crippen LogP contribution in [0.5, 0.6) is 0 Å². The molecule has 5 nitrogen and oxygen atoms in total. The van der Waals surface area contributed by atoms with Crippen molar-refractivity contribution in [2.45, 2.75) is 6.42 Å². The van der Waals surface area contributed by atoms with Gasteiger partial charge < -0.3 is 0 Å². The van der Waals surface area contributed by atoms with Gasteiger partial charge in [-0.3, -0.25) is 0 Å². The smallest absolute Gasteiger partial charge is 0.164 e. The number of hydrogen-bond donors (Lipinski definition) is 0. The van der Waals surface area contributed by atoms with Gasteiger partial charge in [-0.2, -0.15) is 0 Å². The van der Waals surface area contributed by atoms with Gasteiger partial charge in [-0.25, -0.2) is 24.9 Å². The highest BCUT2D eigenvalue weighted by Crippen LogP contribution is 2.34. The first-order chi connectivity index (χ1) is 33.2. The zero-order valence-electron chi connectivity index (χ0n) is 36.6. The van der Waals surface area contributed by atoms with Gasteiger partial charge in [0, 0.05) is 28.7 Å². The van der Waals surface area contributed by atoms with Crippen LogP contribution in [-0.2, 0) is 0 Å². The number of rotatable bonds is 10. The van der Waals surface area contributed by atoms with E-state index in [1.54, 1.807) is 0 Å². The van der Waals surface area contributed by atoms with Gasteiger partial charge in [-0.1, -0.05) is 218 Å². The van der Waals surface area contributed by atoms with Crippen LogP contribution in [0.25, 0.3) is 84.4 Å². The molecule has 5 heteroatoms. The van der Waals surface area contributed by atoms with Crippen molar-refractivity contribution in [3.63, 3.8) is 0 Å². The molecule has 316 valence electrons. The fourth-order valence-corrected chi connectivity index (χ4v) is 8.54. The minimum absolute atomic E-state index is 0.601. The van der Waals surface area contributed by atoms with E-state index < -0.39 is 0 Å². The molecule has 0 aliphatic carbocycles. The second kappa shape index (κ2) is 18.7. The third-order valence-electron chi connectivity index (χ3n) is 12.0. The molecule has 1 aliphatic heterocycles. The van der Waals surface area contributed by atoms with Crippen LogP contribution in [0.3, 0.4) is 0 Å². The predicted molar refractivity (Wildman–Crippen MR) is 276 cm³/mol. The van der Waals surface area contributed by atoms with Gasteiger partial charge in [-0.05, 0) is 86.0 Å². The summed E-state index contributed by atoms with van der Waals surface area (Å²) < 4.78 is 0. The molecule has 0 fully saturated rings. The SMILES string of the molecule is C1=C(c2ccccc2)N=C(c2cccc(-c3cccc(-c4cccc(-c5nc(-c6cccc(-c7ccccc7)c6)nc(-c6cccc(-c7ccccc7)c6)n5)c4)c3)c2)N=C(c2ccccc2)C1. The lowest BCUT2D eigenvalue weighted by Crippen LogP contribution is -2.05. The second-order valence-electron chi connectivity index (χ2n) is 16.5. The van der Waals surface area contributed by atoms with Crippen LogP contribution in [0.15, 0.2) is 259 Å². The van der Waals surface area contributed by atoms with Crippen molar-refractivity contribution in [1.82, 2.24) is 15.0 Å². The summed E-state index contributed by atoms with van der Waals surface area (Å²) >= 11 is 0. The largest absolute Gasteiger partial charge is 0.232 e. The van der Waals surface area contributed by atoms with Crippen molar-refractivity contribution in [1.29, 1.82) is 0 Å². The highest BCUT2D eigenvalue weighted by Gasteiger charge is 2.17. The Balaban J connectivity index is 0.961. The van der Waals surface area contributed by atoms with Crippen LogP contribution in [0.2, 0.25) is 0 Å². The molecule has 0 radical (unpaired) electrons. The van der Waals surface area contributed by atoms with E-state index >= 15 is 0 Å². The van der Waals surface area contributed by atoms with E-state index in [2.05, 4.69) is 224 Å². The molecule has 67 heavy (non-hydrogen) atoms. The first-order valence-corrected chi connectivity index (χ1v) is 22.5. The Morgan fingerprint density at radius 3 is 0.955 bits per heavy atom. The molecule has 0 spiro atoms. The number of nitrogens with zero attached hydrogens (tertiary/aromatic N) is 5. The normalized spacial score (nSPS) is 12.4. The summed E-state index contributed by atoms with van der Waals surface area (Å²) in [5.74, 6) is 2.51. The fraction of sp³-hybridized carbons (Fsp3) is 0.0161. The molecular weight excluding hydrogens is 815 g/mol. The lowest BCUT2D eigenvalue weighted by atomic mass is 9.97. The standard InChI is InChI=1S/C62H43N5/c1-5-18-43(19-6-1)47-26-14-33-54(39-47)60-65-61(55-34-15-27-48(40-55)44-20-7-2-8-21-44)67-62(66-60)56-35-17-31-52(42-56)50-29-13-28-49(38-50)51-30-16-32-53(41-51)59-63-57(45-22-9-3-10-23-45)36-37-58(64-59)46-24-11-4-12-25-46/h1-36,38-42H,37H2. The third kappa shape index (κ3) is 9.08. The van der Waals surface area contributed by atoms with Gasteiger partial charge >= 0.3 is 0 Å². The molecule has 0 N–H and O–H groups in total. The molecule has 10 aromatic rings. The van der Waals surface area contributed by atoms with Crippen molar-refractivity contribution in [2.75, 3.05) is 0 Å². The fourth-order valence-electron chi connectivity index (χ4n) is 8.54. The molecule has 0 saturated carbocycles. The van der Waals surface area contributed by atoms with Crippen LogP contribution in [0, 0.1) is 0 Å². The maximum absolute atomic E-state index is 5.22.